The number of nitrogens with zero attached hydrogens (tertiary/aromatic N) is 1. The van der Waals surface area contributed by atoms with E-state index in [1.807, 2.05) is 51.1 Å². The Morgan fingerprint density at radius 1 is 1.24 bits per heavy atom. The quantitative estimate of drug-likeness (QED) is 0.910. The maximum atomic E-state index is 12.3. The average Bonchev–Trinajstić information content (AvgIpc) is 2.87. The highest BCUT2D eigenvalue weighted by Gasteiger charge is 2.36. The molecule has 1 aromatic rings. The minimum absolute atomic E-state index is 0.162. The molecule has 1 aliphatic rings. The number of benzene rings is 1. The maximum absolute atomic E-state index is 12.3. The van der Waals surface area contributed by atoms with E-state index in [9.17, 15) is 9.59 Å². The molecule has 1 heterocycles. The summed E-state index contributed by atoms with van der Waals surface area (Å²) >= 11 is 0. The molecule has 0 radical (unpaired) electrons. The molecule has 1 fully saturated rings. The molecule has 1 aliphatic heterocycles. The first kappa shape index (κ1) is 15.4. The number of hydrogen-bond donors (Lipinski definition) is 1. The van der Waals surface area contributed by atoms with E-state index in [1.165, 1.54) is 4.90 Å². The molecule has 1 aromatic carbocycles. The van der Waals surface area contributed by atoms with Crippen LogP contribution in [0.1, 0.15) is 33.6 Å². The van der Waals surface area contributed by atoms with Crippen molar-refractivity contribution in [3.05, 3.63) is 30.3 Å². The average molecular weight is 290 g/mol. The zero-order chi connectivity index (χ0) is 15.5. The molecule has 1 saturated heterocycles. The summed E-state index contributed by atoms with van der Waals surface area (Å²) in [4.78, 5) is 26.0. The molecule has 1 N–H and O–H groups in total. The molecule has 5 heteroatoms. The highest BCUT2D eigenvalue weighted by atomic mass is 16.6. The minimum atomic E-state index is -0.555. The lowest BCUT2D eigenvalue weighted by Gasteiger charge is -2.28. The number of nitrogens with one attached hydrogen (secondary N) is 1. The lowest BCUT2D eigenvalue weighted by Crippen LogP contribution is -2.45. The van der Waals surface area contributed by atoms with E-state index >= 15 is 0 Å². The molecule has 0 saturated carbocycles. The Labute approximate surface area is 125 Å². The van der Waals surface area contributed by atoms with Crippen LogP contribution in [0.3, 0.4) is 0 Å². The molecule has 2 amide bonds. The van der Waals surface area contributed by atoms with Crippen LogP contribution in [0.5, 0.6) is 0 Å². The summed E-state index contributed by atoms with van der Waals surface area (Å²) in [7, 11) is 0. The summed E-state index contributed by atoms with van der Waals surface area (Å²) in [6.07, 6.45) is 1.05. The third kappa shape index (κ3) is 4.21. The van der Waals surface area contributed by atoms with E-state index in [0.717, 1.165) is 12.1 Å². The van der Waals surface area contributed by atoms with Gasteiger partial charge in [0.2, 0.25) is 5.91 Å². The molecule has 21 heavy (non-hydrogen) atoms. The van der Waals surface area contributed by atoms with E-state index in [-0.39, 0.29) is 5.91 Å². The summed E-state index contributed by atoms with van der Waals surface area (Å²) < 4.78 is 5.36. The molecular weight excluding hydrogens is 268 g/mol. The Morgan fingerprint density at radius 3 is 2.52 bits per heavy atom. The first-order valence-corrected chi connectivity index (χ1v) is 7.22. The van der Waals surface area contributed by atoms with Crippen LogP contribution in [0, 0.1) is 0 Å². The Bertz CT molecular complexity index is 508. The van der Waals surface area contributed by atoms with Crippen LogP contribution in [0.2, 0.25) is 0 Å². The van der Waals surface area contributed by atoms with Crippen LogP contribution in [0.15, 0.2) is 30.3 Å². The Kier molecular flexibility index (Phi) is 4.50. The number of ether oxygens (including phenoxy) is 1. The van der Waals surface area contributed by atoms with Gasteiger partial charge in [-0.05, 0) is 45.7 Å². The van der Waals surface area contributed by atoms with Crippen LogP contribution in [0.4, 0.5) is 10.5 Å². The van der Waals surface area contributed by atoms with E-state index in [2.05, 4.69) is 5.32 Å². The second-order valence-electron chi connectivity index (χ2n) is 6.19. The molecule has 0 aromatic heterocycles. The van der Waals surface area contributed by atoms with E-state index in [4.69, 9.17) is 4.74 Å². The van der Waals surface area contributed by atoms with Gasteiger partial charge in [-0.1, -0.05) is 18.2 Å². The van der Waals surface area contributed by atoms with Crippen molar-refractivity contribution in [1.29, 1.82) is 0 Å². The van der Waals surface area contributed by atoms with Gasteiger partial charge in [-0.3, -0.25) is 9.69 Å². The zero-order valence-electron chi connectivity index (χ0n) is 12.8. The Morgan fingerprint density at radius 2 is 1.90 bits per heavy atom. The largest absolute Gasteiger partial charge is 0.444 e. The lowest BCUT2D eigenvalue weighted by atomic mass is 10.2. The number of amides is 2. The van der Waals surface area contributed by atoms with Gasteiger partial charge in [0.25, 0.3) is 0 Å². The monoisotopic (exact) mass is 290 g/mol. The van der Waals surface area contributed by atoms with Crippen molar-refractivity contribution in [2.75, 3.05) is 11.9 Å². The SMILES string of the molecule is CC(C)(C)OC(=O)N1CCCC1C(=O)Nc1ccccc1. The number of carbonyl (C=O) groups is 2. The van der Waals surface area contributed by atoms with E-state index in [1.54, 1.807) is 0 Å². The van der Waals surface area contributed by atoms with Crippen LogP contribution in [-0.4, -0.2) is 35.1 Å². The summed E-state index contributed by atoms with van der Waals surface area (Å²) in [6, 6.07) is 8.79. The van der Waals surface area contributed by atoms with Crippen molar-refractivity contribution < 1.29 is 14.3 Å². The molecule has 0 aliphatic carbocycles. The number of anilines is 1. The normalized spacial score (nSPS) is 18.4. The van der Waals surface area contributed by atoms with Gasteiger partial charge in [0.1, 0.15) is 11.6 Å². The first-order valence-electron chi connectivity index (χ1n) is 7.22. The molecule has 0 bridgehead atoms. The fraction of sp³-hybridized carbons (Fsp3) is 0.500. The van der Waals surface area contributed by atoms with Gasteiger partial charge in [0.15, 0.2) is 0 Å². The van der Waals surface area contributed by atoms with Gasteiger partial charge in [-0.25, -0.2) is 4.79 Å². The number of likely N-dealkylation sites (tertiary alicyclic amines) is 1. The van der Waals surface area contributed by atoms with Gasteiger partial charge < -0.3 is 10.1 Å². The fourth-order valence-electron chi connectivity index (χ4n) is 2.33. The minimum Gasteiger partial charge on any atom is -0.444 e. The molecule has 1 unspecified atom stereocenters. The smallest absolute Gasteiger partial charge is 0.410 e. The number of para-hydroxylation sites is 1. The standard InChI is InChI=1S/C16H22N2O3/c1-16(2,3)21-15(20)18-11-7-10-13(18)14(19)17-12-8-5-4-6-9-12/h4-6,8-9,13H,7,10-11H2,1-3H3,(H,17,19). The summed E-state index contributed by atoms with van der Waals surface area (Å²) in [5.74, 6) is -0.162. The fourth-order valence-corrected chi connectivity index (χ4v) is 2.33. The summed E-state index contributed by atoms with van der Waals surface area (Å²) in [6.45, 7) is 6.02. The molecule has 114 valence electrons. The number of carbonyl (C=O) groups excluding carboxylic acids is 2. The van der Waals surface area contributed by atoms with Gasteiger partial charge in [0.05, 0.1) is 0 Å². The van der Waals surface area contributed by atoms with Crippen LogP contribution < -0.4 is 5.32 Å². The number of hydrogen-bond acceptors (Lipinski definition) is 3. The highest BCUT2D eigenvalue weighted by Crippen LogP contribution is 2.22. The Balaban J connectivity index is 2.01. The van der Waals surface area contributed by atoms with Crippen molar-refractivity contribution >= 4 is 17.7 Å². The summed E-state index contributed by atoms with van der Waals surface area (Å²) in [5, 5.41) is 2.84. The third-order valence-corrected chi connectivity index (χ3v) is 3.22. The molecule has 1 atom stereocenters. The molecule has 0 spiro atoms. The van der Waals surface area contributed by atoms with E-state index in [0.29, 0.717) is 13.0 Å². The first-order chi connectivity index (χ1) is 9.87. The van der Waals surface area contributed by atoms with Gasteiger partial charge in [0, 0.05) is 12.2 Å². The van der Waals surface area contributed by atoms with Crippen molar-refractivity contribution in [3.63, 3.8) is 0 Å². The van der Waals surface area contributed by atoms with Crippen molar-refractivity contribution in [2.45, 2.75) is 45.3 Å². The molecular formula is C16H22N2O3. The van der Waals surface area contributed by atoms with Crippen molar-refractivity contribution in [1.82, 2.24) is 4.90 Å². The van der Waals surface area contributed by atoms with Gasteiger partial charge in [-0.15, -0.1) is 0 Å². The lowest BCUT2D eigenvalue weighted by molar-refractivity contribution is -0.120. The highest BCUT2D eigenvalue weighted by molar-refractivity contribution is 5.96. The second kappa shape index (κ2) is 6.16. The van der Waals surface area contributed by atoms with Crippen molar-refractivity contribution in [2.24, 2.45) is 0 Å². The van der Waals surface area contributed by atoms with Gasteiger partial charge >= 0.3 is 6.09 Å². The topological polar surface area (TPSA) is 58.6 Å². The van der Waals surface area contributed by atoms with Crippen LogP contribution in [0.25, 0.3) is 0 Å². The molecule has 2 rings (SSSR count). The summed E-state index contributed by atoms with van der Waals surface area (Å²) in [5.41, 5.74) is 0.179. The van der Waals surface area contributed by atoms with Crippen molar-refractivity contribution in [3.8, 4) is 0 Å². The van der Waals surface area contributed by atoms with E-state index < -0.39 is 17.7 Å². The van der Waals surface area contributed by atoms with Gasteiger partial charge in [-0.2, -0.15) is 0 Å². The van der Waals surface area contributed by atoms with Crippen LogP contribution in [-0.2, 0) is 9.53 Å². The predicted octanol–water partition coefficient (Wildman–Crippen LogP) is 3.02. The number of rotatable bonds is 2. The Hall–Kier alpha value is -2.04. The third-order valence-electron chi connectivity index (χ3n) is 3.22. The second-order valence-corrected chi connectivity index (χ2v) is 6.19. The van der Waals surface area contributed by atoms with Crippen LogP contribution >= 0.6 is 0 Å². The zero-order valence-corrected chi connectivity index (χ0v) is 12.8. The predicted molar refractivity (Wildman–Crippen MR) is 81.0 cm³/mol. The maximum Gasteiger partial charge on any atom is 0.410 e. The molecule has 5 nitrogen and oxygen atoms in total.